The third kappa shape index (κ3) is 5.54. The Morgan fingerprint density at radius 2 is 1.81 bits per heavy atom. The Labute approximate surface area is 191 Å². The summed E-state index contributed by atoms with van der Waals surface area (Å²) in [6.07, 6.45) is 2.45. The normalized spacial score (nSPS) is 15.5. The molecular weight excluding hydrogens is 429 g/mol. The fourth-order valence-electron chi connectivity index (χ4n) is 4.08. The Bertz CT molecular complexity index is 1090. The van der Waals surface area contributed by atoms with Gasteiger partial charge in [-0.2, -0.15) is 0 Å². The second kappa shape index (κ2) is 10.3. The molecule has 1 aromatic heterocycles. The SMILES string of the molecule is NC(CNc1nc(C2CCNCC2)c(-c2ccc(F)cc2)c(=O)[nH]1)Cc1ccc(Cl)cc1. The zero-order chi connectivity index (χ0) is 22.5. The molecule has 0 aliphatic carbocycles. The highest BCUT2D eigenvalue weighted by Gasteiger charge is 2.24. The van der Waals surface area contributed by atoms with Crippen LogP contribution in [-0.2, 0) is 6.42 Å². The number of piperidine rings is 1. The van der Waals surface area contributed by atoms with Crippen LogP contribution >= 0.6 is 11.6 Å². The maximum Gasteiger partial charge on any atom is 0.260 e. The number of aromatic nitrogens is 2. The van der Waals surface area contributed by atoms with Crippen molar-refractivity contribution in [1.82, 2.24) is 15.3 Å². The number of halogens is 2. The third-order valence-corrected chi connectivity index (χ3v) is 6.00. The molecule has 5 N–H and O–H groups in total. The summed E-state index contributed by atoms with van der Waals surface area (Å²) in [6.45, 7) is 2.20. The molecule has 1 atom stereocenters. The molecular formula is C24H27ClFN5O. The Kier molecular flexibility index (Phi) is 7.19. The number of nitrogens with zero attached hydrogens (tertiary/aromatic N) is 1. The van der Waals surface area contributed by atoms with Crippen LogP contribution in [0.3, 0.4) is 0 Å². The first kappa shape index (κ1) is 22.5. The van der Waals surface area contributed by atoms with Crippen LogP contribution in [0.15, 0.2) is 53.3 Å². The molecule has 1 fully saturated rings. The average molecular weight is 456 g/mol. The number of hydrogen-bond acceptors (Lipinski definition) is 5. The topological polar surface area (TPSA) is 95.8 Å². The molecule has 8 heteroatoms. The van der Waals surface area contributed by atoms with Crippen molar-refractivity contribution in [2.45, 2.75) is 31.2 Å². The van der Waals surface area contributed by atoms with E-state index < -0.39 is 0 Å². The van der Waals surface area contributed by atoms with Gasteiger partial charge in [-0.05, 0) is 67.7 Å². The van der Waals surface area contributed by atoms with Crippen molar-refractivity contribution in [2.24, 2.45) is 5.73 Å². The molecule has 0 spiro atoms. The smallest absolute Gasteiger partial charge is 0.260 e. The van der Waals surface area contributed by atoms with Crippen molar-refractivity contribution in [3.63, 3.8) is 0 Å². The Hall–Kier alpha value is -2.74. The lowest BCUT2D eigenvalue weighted by atomic mass is 9.89. The van der Waals surface area contributed by atoms with Crippen molar-refractivity contribution in [3.8, 4) is 11.1 Å². The second-order valence-corrected chi connectivity index (χ2v) is 8.61. The third-order valence-electron chi connectivity index (χ3n) is 5.75. The Morgan fingerprint density at radius 3 is 2.50 bits per heavy atom. The largest absolute Gasteiger partial charge is 0.354 e. The fraction of sp³-hybridized carbons (Fsp3) is 0.333. The number of nitrogens with two attached hydrogens (primary N) is 1. The zero-order valence-electron chi connectivity index (χ0n) is 17.7. The maximum absolute atomic E-state index is 13.4. The van der Waals surface area contributed by atoms with Crippen LogP contribution in [0, 0.1) is 5.82 Å². The molecule has 0 amide bonds. The summed E-state index contributed by atoms with van der Waals surface area (Å²) in [5, 5.41) is 7.22. The second-order valence-electron chi connectivity index (χ2n) is 8.18. The van der Waals surface area contributed by atoms with Gasteiger partial charge in [0.2, 0.25) is 5.95 Å². The molecule has 0 radical (unpaired) electrons. The Balaban J connectivity index is 1.56. The summed E-state index contributed by atoms with van der Waals surface area (Å²) in [6, 6.07) is 13.4. The van der Waals surface area contributed by atoms with E-state index in [-0.39, 0.29) is 23.3 Å². The maximum atomic E-state index is 13.4. The van der Waals surface area contributed by atoms with Gasteiger partial charge in [0.25, 0.3) is 5.56 Å². The van der Waals surface area contributed by atoms with E-state index in [0.29, 0.717) is 35.1 Å². The first-order valence-corrected chi connectivity index (χ1v) is 11.2. The highest BCUT2D eigenvalue weighted by Crippen LogP contribution is 2.31. The van der Waals surface area contributed by atoms with Crippen molar-refractivity contribution < 1.29 is 4.39 Å². The molecule has 1 unspecified atom stereocenters. The van der Waals surface area contributed by atoms with Gasteiger partial charge in [0, 0.05) is 23.5 Å². The van der Waals surface area contributed by atoms with E-state index in [1.807, 2.05) is 24.3 Å². The molecule has 32 heavy (non-hydrogen) atoms. The molecule has 1 aliphatic heterocycles. The molecule has 0 saturated carbocycles. The molecule has 1 aliphatic rings. The van der Waals surface area contributed by atoms with Gasteiger partial charge in [0.15, 0.2) is 0 Å². The number of benzene rings is 2. The van der Waals surface area contributed by atoms with Crippen molar-refractivity contribution in [3.05, 3.63) is 81.0 Å². The zero-order valence-corrected chi connectivity index (χ0v) is 18.5. The van der Waals surface area contributed by atoms with E-state index in [1.165, 1.54) is 12.1 Å². The predicted molar refractivity (Wildman–Crippen MR) is 127 cm³/mol. The van der Waals surface area contributed by atoms with Crippen LogP contribution in [0.4, 0.5) is 10.3 Å². The van der Waals surface area contributed by atoms with Gasteiger partial charge >= 0.3 is 0 Å². The summed E-state index contributed by atoms with van der Waals surface area (Å²) in [4.78, 5) is 20.7. The monoisotopic (exact) mass is 455 g/mol. The number of anilines is 1. The van der Waals surface area contributed by atoms with Gasteiger partial charge in [0.05, 0.1) is 11.3 Å². The van der Waals surface area contributed by atoms with E-state index in [0.717, 1.165) is 37.2 Å². The first-order valence-electron chi connectivity index (χ1n) is 10.8. The minimum absolute atomic E-state index is 0.155. The van der Waals surface area contributed by atoms with E-state index >= 15 is 0 Å². The van der Waals surface area contributed by atoms with Gasteiger partial charge in [-0.1, -0.05) is 35.9 Å². The number of H-pyrrole nitrogens is 1. The lowest BCUT2D eigenvalue weighted by Gasteiger charge is -2.24. The number of rotatable bonds is 7. The minimum atomic E-state index is -0.338. The molecule has 3 aromatic rings. The minimum Gasteiger partial charge on any atom is -0.354 e. The van der Waals surface area contributed by atoms with E-state index in [2.05, 4.69) is 15.6 Å². The van der Waals surface area contributed by atoms with Crippen LogP contribution in [0.5, 0.6) is 0 Å². The van der Waals surface area contributed by atoms with Crippen LogP contribution < -0.4 is 21.9 Å². The van der Waals surface area contributed by atoms with E-state index in [1.54, 1.807) is 12.1 Å². The van der Waals surface area contributed by atoms with Crippen molar-refractivity contribution >= 4 is 17.5 Å². The molecule has 1 saturated heterocycles. The number of nitrogens with one attached hydrogen (secondary N) is 3. The summed E-state index contributed by atoms with van der Waals surface area (Å²) >= 11 is 5.94. The molecule has 168 valence electrons. The van der Waals surface area contributed by atoms with Crippen LogP contribution in [0.2, 0.25) is 5.02 Å². The van der Waals surface area contributed by atoms with Crippen molar-refractivity contribution in [2.75, 3.05) is 25.0 Å². The molecule has 2 aromatic carbocycles. The van der Waals surface area contributed by atoms with Crippen LogP contribution in [0.25, 0.3) is 11.1 Å². The average Bonchev–Trinajstić information content (AvgIpc) is 2.80. The van der Waals surface area contributed by atoms with E-state index in [9.17, 15) is 9.18 Å². The van der Waals surface area contributed by atoms with Crippen LogP contribution in [-0.4, -0.2) is 35.6 Å². The molecule has 2 heterocycles. The molecule has 6 nitrogen and oxygen atoms in total. The van der Waals surface area contributed by atoms with Gasteiger partial charge in [-0.15, -0.1) is 0 Å². The standard InChI is InChI=1S/C24H27ClFN5O/c25-18-5-1-15(2-6-18)13-20(27)14-29-24-30-22(17-9-11-28-12-10-17)21(23(32)31-24)16-3-7-19(26)8-4-16/h1-8,17,20,28H,9-14,27H2,(H2,29,30,31,32). The fourth-order valence-corrected chi connectivity index (χ4v) is 4.21. The highest BCUT2D eigenvalue weighted by molar-refractivity contribution is 6.30. The lowest BCUT2D eigenvalue weighted by Crippen LogP contribution is -2.33. The highest BCUT2D eigenvalue weighted by atomic mass is 35.5. The first-order chi connectivity index (χ1) is 15.5. The predicted octanol–water partition coefficient (Wildman–Crippen LogP) is 3.68. The van der Waals surface area contributed by atoms with Gasteiger partial charge < -0.3 is 16.4 Å². The summed E-state index contributed by atoms with van der Waals surface area (Å²) in [5.41, 5.74) is 9.05. The summed E-state index contributed by atoms with van der Waals surface area (Å²) in [7, 11) is 0. The van der Waals surface area contributed by atoms with Gasteiger partial charge in [-0.3, -0.25) is 9.78 Å². The van der Waals surface area contributed by atoms with Crippen molar-refractivity contribution in [1.29, 1.82) is 0 Å². The number of hydrogen-bond donors (Lipinski definition) is 4. The summed E-state index contributed by atoms with van der Waals surface area (Å²) in [5.74, 6) is 0.220. The Morgan fingerprint density at radius 1 is 1.12 bits per heavy atom. The van der Waals surface area contributed by atoms with Gasteiger partial charge in [-0.25, -0.2) is 9.37 Å². The summed E-state index contributed by atoms with van der Waals surface area (Å²) < 4.78 is 13.4. The molecule has 4 rings (SSSR count). The van der Waals surface area contributed by atoms with E-state index in [4.69, 9.17) is 22.3 Å². The van der Waals surface area contributed by atoms with Gasteiger partial charge in [0.1, 0.15) is 5.82 Å². The van der Waals surface area contributed by atoms with Crippen LogP contribution in [0.1, 0.15) is 30.0 Å². The quantitative estimate of drug-likeness (QED) is 0.436. The number of aromatic amines is 1. The molecule has 0 bridgehead atoms. The lowest BCUT2D eigenvalue weighted by molar-refractivity contribution is 0.453.